The predicted molar refractivity (Wildman–Crippen MR) is 95.8 cm³/mol. The van der Waals surface area contributed by atoms with Crippen LogP contribution in [0, 0.1) is 5.82 Å². The smallest absolute Gasteiger partial charge is 0.220 e. The number of halogens is 2. The van der Waals surface area contributed by atoms with E-state index in [2.05, 4.69) is 5.32 Å². The topological polar surface area (TPSA) is 49.3 Å². The lowest BCUT2D eigenvalue weighted by Gasteiger charge is -2.12. The molecule has 0 bridgehead atoms. The van der Waals surface area contributed by atoms with Gasteiger partial charge in [0.2, 0.25) is 5.91 Å². The molecule has 0 aliphatic carbocycles. The normalized spacial score (nSPS) is 12.0. The van der Waals surface area contributed by atoms with Crippen LogP contribution in [0.15, 0.2) is 53.4 Å². The first-order valence-corrected chi connectivity index (χ1v) is 8.99. The standard InChI is InChI=1S/C18H19ClFNO2S/c19-14-5-9-16(10-6-14)24-11-1-2-18(23)21-12-17(22)13-3-7-15(20)8-4-13/h3-10,17,22H,1-2,11-12H2,(H,21,23). The quantitative estimate of drug-likeness (QED) is 0.543. The third kappa shape index (κ3) is 6.51. The van der Waals surface area contributed by atoms with E-state index in [0.717, 1.165) is 17.1 Å². The molecule has 2 aromatic carbocycles. The number of nitrogens with one attached hydrogen (secondary N) is 1. The van der Waals surface area contributed by atoms with Crippen molar-refractivity contribution in [2.24, 2.45) is 0 Å². The van der Waals surface area contributed by atoms with Gasteiger partial charge in [-0.05, 0) is 54.1 Å². The Hall–Kier alpha value is -1.56. The molecule has 1 atom stereocenters. The minimum atomic E-state index is -0.835. The van der Waals surface area contributed by atoms with Crippen molar-refractivity contribution in [3.8, 4) is 0 Å². The van der Waals surface area contributed by atoms with Crippen LogP contribution in [0.3, 0.4) is 0 Å². The summed E-state index contributed by atoms with van der Waals surface area (Å²) in [7, 11) is 0. The molecule has 0 aromatic heterocycles. The highest BCUT2D eigenvalue weighted by Gasteiger charge is 2.09. The average Bonchev–Trinajstić information content (AvgIpc) is 2.59. The van der Waals surface area contributed by atoms with E-state index in [1.54, 1.807) is 11.8 Å². The number of rotatable bonds is 8. The van der Waals surface area contributed by atoms with Gasteiger partial charge in [-0.25, -0.2) is 4.39 Å². The maximum absolute atomic E-state index is 12.8. The summed E-state index contributed by atoms with van der Waals surface area (Å²) in [6, 6.07) is 13.2. The molecule has 0 aliphatic heterocycles. The van der Waals surface area contributed by atoms with E-state index in [-0.39, 0.29) is 18.3 Å². The zero-order valence-electron chi connectivity index (χ0n) is 13.0. The Balaban J connectivity index is 1.62. The third-order valence-electron chi connectivity index (χ3n) is 3.38. The molecule has 3 nitrogen and oxygen atoms in total. The minimum Gasteiger partial charge on any atom is -0.387 e. The van der Waals surface area contributed by atoms with E-state index >= 15 is 0 Å². The van der Waals surface area contributed by atoms with Gasteiger partial charge < -0.3 is 10.4 Å². The van der Waals surface area contributed by atoms with Crippen molar-refractivity contribution < 1.29 is 14.3 Å². The lowest BCUT2D eigenvalue weighted by Crippen LogP contribution is -2.28. The summed E-state index contributed by atoms with van der Waals surface area (Å²) in [5.41, 5.74) is 0.579. The van der Waals surface area contributed by atoms with Gasteiger partial charge in [-0.2, -0.15) is 0 Å². The third-order valence-corrected chi connectivity index (χ3v) is 4.73. The molecule has 0 aliphatic rings. The van der Waals surface area contributed by atoms with Crippen LogP contribution in [0.25, 0.3) is 0 Å². The summed E-state index contributed by atoms with van der Waals surface area (Å²) in [5.74, 6) is 0.372. The second kappa shape index (κ2) is 9.67. The monoisotopic (exact) mass is 367 g/mol. The van der Waals surface area contributed by atoms with Gasteiger partial charge in [0.1, 0.15) is 5.82 Å². The Morgan fingerprint density at radius 3 is 2.50 bits per heavy atom. The second-order valence-corrected chi connectivity index (χ2v) is 6.88. The molecule has 0 heterocycles. The second-order valence-electron chi connectivity index (χ2n) is 5.28. The van der Waals surface area contributed by atoms with Crippen molar-refractivity contribution in [1.82, 2.24) is 5.32 Å². The minimum absolute atomic E-state index is 0.104. The highest BCUT2D eigenvalue weighted by Crippen LogP contribution is 2.21. The number of hydrogen-bond acceptors (Lipinski definition) is 3. The summed E-state index contributed by atoms with van der Waals surface area (Å²) >= 11 is 7.50. The van der Waals surface area contributed by atoms with Crippen LogP contribution < -0.4 is 5.32 Å². The molecule has 0 saturated carbocycles. The molecule has 2 rings (SSSR count). The molecule has 0 saturated heterocycles. The summed E-state index contributed by atoms with van der Waals surface area (Å²) in [4.78, 5) is 12.9. The van der Waals surface area contributed by atoms with Crippen LogP contribution >= 0.6 is 23.4 Å². The Morgan fingerprint density at radius 2 is 1.83 bits per heavy atom. The fourth-order valence-corrected chi connectivity index (χ4v) is 3.03. The van der Waals surface area contributed by atoms with E-state index in [1.165, 1.54) is 24.3 Å². The van der Waals surface area contributed by atoms with Gasteiger partial charge in [0.05, 0.1) is 6.10 Å². The van der Waals surface area contributed by atoms with Crippen LogP contribution in [0.1, 0.15) is 24.5 Å². The van der Waals surface area contributed by atoms with Gasteiger partial charge in [0.15, 0.2) is 0 Å². The Kier molecular flexibility index (Phi) is 7.56. The van der Waals surface area contributed by atoms with Crippen LogP contribution in [0.5, 0.6) is 0 Å². The molecular weight excluding hydrogens is 349 g/mol. The molecule has 128 valence electrons. The molecule has 0 spiro atoms. The van der Waals surface area contributed by atoms with Gasteiger partial charge in [-0.1, -0.05) is 23.7 Å². The molecule has 2 aromatic rings. The van der Waals surface area contributed by atoms with Crippen LogP contribution in [-0.4, -0.2) is 23.3 Å². The number of amides is 1. The van der Waals surface area contributed by atoms with Crippen molar-refractivity contribution >= 4 is 29.3 Å². The average molecular weight is 368 g/mol. The lowest BCUT2D eigenvalue weighted by molar-refractivity contribution is -0.121. The van der Waals surface area contributed by atoms with E-state index < -0.39 is 6.10 Å². The van der Waals surface area contributed by atoms with E-state index in [4.69, 9.17) is 11.6 Å². The first-order chi connectivity index (χ1) is 11.5. The van der Waals surface area contributed by atoms with Crippen LogP contribution in [0.2, 0.25) is 5.02 Å². The van der Waals surface area contributed by atoms with E-state index in [9.17, 15) is 14.3 Å². The predicted octanol–water partition coefficient (Wildman–Crippen LogP) is 4.20. The molecule has 0 radical (unpaired) electrons. The first kappa shape index (κ1) is 18.8. The SMILES string of the molecule is O=C(CCCSc1ccc(Cl)cc1)NCC(O)c1ccc(F)cc1. The lowest BCUT2D eigenvalue weighted by atomic mass is 10.1. The number of aliphatic hydroxyl groups excluding tert-OH is 1. The number of hydrogen-bond donors (Lipinski definition) is 2. The van der Waals surface area contributed by atoms with Crippen molar-refractivity contribution in [3.63, 3.8) is 0 Å². The number of thioether (sulfide) groups is 1. The van der Waals surface area contributed by atoms with Gasteiger partial charge in [-0.15, -0.1) is 11.8 Å². The molecule has 1 amide bonds. The Bertz CT molecular complexity index is 649. The summed E-state index contributed by atoms with van der Waals surface area (Å²) in [6.45, 7) is 0.120. The molecule has 6 heteroatoms. The van der Waals surface area contributed by atoms with Gasteiger partial charge in [0.25, 0.3) is 0 Å². The summed E-state index contributed by atoms with van der Waals surface area (Å²) in [6.07, 6.45) is 0.306. The van der Waals surface area contributed by atoms with Gasteiger partial charge in [0, 0.05) is 22.9 Å². The van der Waals surface area contributed by atoms with Crippen LogP contribution in [-0.2, 0) is 4.79 Å². The summed E-state index contributed by atoms with van der Waals surface area (Å²) in [5, 5.41) is 13.4. The molecule has 24 heavy (non-hydrogen) atoms. The number of carbonyl (C=O) groups excluding carboxylic acids is 1. The fourth-order valence-electron chi connectivity index (χ4n) is 2.06. The Labute approximate surface area is 150 Å². The molecule has 2 N–H and O–H groups in total. The van der Waals surface area contributed by atoms with Crippen molar-refractivity contribution in [1.29, 1.82) is 0 Å². The zero-order valence-corrected chi connectivity index (χ0v) is 14.6. The first-order valence-electron chi connectivity index (χ1n) is 7.63. The molecule has 0 fully saturated rings. The fraction of sp³-hybridized carbons (Fsp3) is 0.278. The Morgan fingerprint density at radius 1 is 1.17 bits per heavy atom. The highest BCUT2D eigenvalue weighted by atomic mass is 35.5. The number of carbonyl (C=O) groups is 1. The number of benzene rings is 2. The summed E-state index contributed by atoms with van der Waals surface area (Å²) < 4.78 is 12.8. The zero-order chi connectivity index (χ0) is 17.4. The van der Waals surface area contributed by atoms with Crippen LogP contribution in [0.4, 0.5) is 4.39 Å². The highest BCUT2D eigenvalue weighted by molar-refractivity contribution is 7.99. The van der Waals surface area contributed by atoms with E-state index in [1.807, 2.05) is 24.3 Å². The van der Waals surface area contributed by atoms with Gasteiger partial charge in [-0.3, -0.25) is 4.79 Å². The van der Waals surface area contributed by atoms with E-state index in [0.29, 0.717) is 17.0 Å². The van der Waals surface area contributed by atoms with Crippen molar-refractivity contribution in [2.75, 3.05) is 12.3 Å². The van der Waals surface area contributed by atoms with Crippen molar-refractivity contribution in [2.45, 2.75) is 23.8 Å². The molecular formula is C18H19ClFNO2S. The molecule has 1 unspecified atom stereocenters. The number of aliphatic hydroxyl groups is 1. The maximum Gasteiger partial charge on any atom is 0.220 e. The van der Waals surface area contributed by atoms with Gasteiger partial charge >= 0.3 is 0 Å². The van der Waals surface area contributed by atoms with Crippen molar-refractivity contribution in [3.05, 3.63) is 64.9 Å². The maximum atomic E-state index is 12.8. The largest absolute Gasteiger partial charge is 0.387 e.